The summed E-state index contributed by atoms with van der Waals surface area (Å²) in [6.07, 6.45) is 2.15. The Morgan fingerprint density at radius 3 is 2.52 bits per heavy atom. The molecule has 21 heavy (non-hydrogen) atoms. The highest BCUT2D eigenvalue weighted by molar-refractivity contribution is 5.33. The first-order chi connectivity index (χ1) is 10.3. The maximum atomic E-state index is 5.85. The van der Waals surface area contributed by atoms with Gasteiger partial charge in [-0.3, -0.25) is 4.90 Å². The van der Waals surface area contributed by atoms with E-state index < -0.39 is 0 Å². The van der Waals surface area contributed by atoms with E-state index in [2.05, 4.69) is 41.0 Å². The Balaban J connectivity index is 1.83. The van der Waals surface area contributed by atoms with Crippen LogP contribution in [0.1, 0.15) is 25.3 Å². The van der Waals surface area contributed by atoms with Gasteiger partial charge in [-0.2, -0.15) is 0 Å². The van der Waals surface area contributed by atoms with Crippen LogP contribution in [0.25, 0.3) is 0 Å². The fourth-order valence-electron chi connectivity index (χ4n) is 2.71. The first-order valence-electron chi connectivity index (χ1n) is 8.19. The Morgan fingerprint density at radius 2 is 1.81 bits per heavy atom. The van der Waals surface area contributed by atoms with E-state index in [1.807, 2.05) is 0 Å². The Kier molecular flexibility index (Phi) is 7.00. The van der Waals surface area contributed by atoms with E-state index in [0.29, 0.717) is 0 Å². The van der Waals surface area contributed by atoms with Crippen molar-refractivity contribution in [3.05, 3.63) is 29.8 Å². The maximum absolute atomic E-state index is 5.85. The second-order valence-corrected chi connectivity index (χ2v) is 5.72. The second-order valence-electron chi connectivity index (χ2n) is 5.72. The van der Waals surface area contributed by atoms with Gasteiger partial charge in [-0.05, 0) is 32.0 Å². The molecule has 4 heteroatoms. The fraction of sp³-hybridized carbons (Fsp3) is 0.647. The standard InChI is InChI=1S/C17H29N3O/c1-2-14-21-17-7-4-3-6-16(17)15-20-12-10-19(11-13-20)9-5-8-18/h3-4,6-7H,2,5,8-15,18H2,1H3. The zero-order chi connectivity index (χ0) is 14.9. The van der Waals surface area contributed by atoms with Crippen molar-refractivity contribution in [3.63, 3.8) is 0 Å². The lowest BCUT2D eigenvalue weighted by molar-refractivity contribution is 0.125. The molecule has 0 amide bonds. The average molecular weight is 291 g/mol. The SMILES string of the molecule is CCCOc1ccccc1CN1CCN(CCCN)CC1. The van der Waals surface area contributed by atoms with E-state index in [4.69, 9.17) is 10.5 Å². The smallest absolute Gasteiger partial charge is 0.123 e. The molecule has 0 bridgehead atoms. The van der Waals surface area contributed by atoms with Crippen LogP contribution in [-0.2, 0) is 6.54 Å². The summed E-state index contributed by atoms with van der Waals surface area (Å²) in [7, 11) is 0. The van der Waals surface area contributed by atoms with Crippen molar-refractivity contribution in [1.82, 2.24) is 9.80 Å². The number of hydrogen-bond acceptors (Lipinski definition) is 4. The molecule has 0 spiro atoms. The first kappa shape index (κ1) is 16.3. The van der Waals surface area contributed by atoms with E-state index >= 15 is 0 Å². The van der Waals surface area contributed by atoms with Gasteiger partial charge < -0.3 is 15.4 Å². The molecule has 0 saturated carbocycles. The summed E-state index contributed by atoms with van der Waals surface area (Å²) in [4.78, 5) is 5.04. The molecule has 118 valence electrons. The molecule has 1 fully saturated rings. The van der Waals surface area contributed by atoms with Crippen LogP contribution in [-0.4, -0.2) is 55.7 Å². The molecule has 0 unspecified atom stereocenters. The number of piperazine rings is 1. The van der Waals surface area contributed by atoms with Crippen LogP contribution in [0.2, 0.25) is 0 Å². The Hall–Kier alpha value is -1.10. The average Bonchev–Trinajstić information content (AvgIpc) is 2.53. The summed E-state index contributed by atoms with van der Waals surface area (Å²) in [5, 5.41) is 0. The molecule has 1 aromatic rings. The zero-order valence-corrected chi connectivity index (χ0v) is 13.3. The molecule has 0 aromatic heterocycles. The largest absolute Gasteiger partial charge is 0.493 e. The Morgan fingerprint density at radius 1 is 1.10 bits per heavy atom. The third-order valence-corrected chi connectivity index (χ3v) is 3.97. The van der Waals surface area contributed by atoms with Crippen LogP contribution >= 0.6 is 0 Å². The van der Waals surface area contributed by atoms with Gasteiger partial charge in [-0.1, -0.05) is 25.1 Å². The summed E-state index contributed by atoms with van der Waals surface area (Å²) >= 11 is 0. The molecule has 0 atom stereocenters. The minimum absolute atomic E-state index is 0.794. The topological polar surface area (TPSA) is 41.7 Å². The minimum Gasteiger partial charge on any atom is -0.493 e. The second kappa shape index (κ2) is 9.03. The van der Waals surface area contributed by atoms with Crippen molar-refractivity contribution in [1.29, 1.82) is 0 Å². The lowest BCUT2D eigenvalue weighted by Crippen LogP contribution is -2.46. The highest BCUT2D eigenvalue weighted by Crippen LogP contribution is 2.20. The molecule has 0 aliphatic carbocycles. The molecule has 4 nitrogen and oxygen atoms in total. The monoisotopic (exact) mass is 291 g/mol. The van der Waals surface area contributed by atoms with Crippen LogP contribution in [0.15, 0.2) is 24.3 Å². The van der Waals surface area contributed by atoms with E-state index in [1.54, 1.807) is 0 Å². The summed E-state index contributed by atoms with van der Waals surface area (Å²) in [6, 6.07) is 8.43. The summed E-state index contributed by atoms with van der Waals surface area (Å²) in [6.45, 7) is 10.4. The normalized spacial score (nSPS) is 17.0. The molecular formula is C17H29N3O. The van der Waals surface area contributed by atoms with Crippen molar-refractivity contribution >= 4 is 0 Å². The highest BCUT2D eigenvalue weighted by Gasteiger charge is 2.17. The molecule has 1 aromatic carbocycles. The van der Waals surface area contributed by atoms with Crippen molar-refractivity contribution in [2.45, 2.75) is 26.3 Å². The first-order valence-corrected chi connectivity index (χ1v) is 8.19. The van der Waals surface area contributed by atoms with Gasteiger partial charge in [0.2, 0.25) is 0 Å². The van der Waals surface area contributed by atoms with Gasteiger partial charge >= 0.3 is 0 Å². The Bertz CT molecular complexity index is 403. The van der Waals surface area contributed by atoms with Gasteiger partial charge in [0.05, 0.1) is 6.61 Å². The van der Waals surface area contributed by atoms with Gasteiger partial charge in [0.25, 0.3) is 0 Å². The van der Waals surface area contributed by atoms with Crippen molar-refractivity contribution < 1.29 is 4.74 Å². The zero-order valence-electron chi connectivity index (χ0n) is 13.3. The number of ether oxygens (including phenoxy) is 1. The Labute approximate surface area is 128 Å². The number of nitrogens with zero attached hydrogens (tertiary/aromatic N) is 2. The fourth-order valence-corrected chi connectivity index (χ4v) is 2.71. The molecular weight excluding hydrogens is 262 g/mol. The number of rotatable bonds is 8. The van der Waals surface area contributed by atoms with Gasteiger partial charge in [0.15, 0.2) is 0 Å². The van der Waals surface area contributed by atoms with Crippen LogP contribution in [0.5, 0.6) is 5.75 Å². The third kappa shape index (κ3) is 5.30. The van der Waals surface area contributed by atoms with Crippen molar-refractivity contribution in [3.8, 4) is 5.75 Å². The molecule has 1 aliphatic rings. The van der Waals surface area contributed by atoms with E-state index in [1.165, 1.54) is 5.56 Å². The van der Waals surface area contributed by atoms with E-state index in [-0.39, 0.29) is 0 Å². The van der Waals surface area contributed by atoms with Crippen LogP contribution in [0.4, 0.5) is 0 Å². The summed E-state index contributed by atoms with van der Waals surface area (Å²) < 4.78 is 5.85. The number of nitrogens with two attached hydrogens (primary N) is 1. The molecule has 1 saturated heterocycles. The van der Waals surface area contributed by atoms with Crippen molar-refractivity contribution in [2.24, 2.45) is 5.73 Å². The number of para-hydroxylation sites is 1. The number of hydrogen-bond donors (Lipinski definition) is 1. The summed E-state index contributed by atoms with van der Waals surface area (Å²) in [5.74, 6) is 1.05. The van der Waals surface area contributed by atoms with Gasteiger partial charge in [0.1, 0.15) is 5.75 Å². The summed E-state index contributed by atoms with van der Waals surface area (Å²) in [5.41, 5.74) is 6.89. The predicted octanol–water partition coefficient (Wildman–Crippen LogP) is 1.94. The molecule has 1 aliphatic heterocycles. The van der Waals surface area contributed by atoms with E-state index in [9.17, 15) is 0 Å². The van der Waals surface area contributed by atoms with Crippen LogP contribution < -0.4 is 10.5 Å². The van der Waals surface area contributed by atoms with Crippen LogP contribution in [0, 0.1) is 0 Å². The highest BCUT2D eigenvalue weighted by atomic mass is 16.5. The lowest BCUT2D eigenvalue weighted by atomic mass is 10.1. The molecule has 0 radical (unpaired) electrons. The van der Waals surface area contributed by atoms with Gasteiger partial charge in [-0.25, -0.2) is 0 Å². The molecule has 1 heterocycles. The molecule has 2 N–H and O–H groups in total. The van der Waals surface area contributed by atoms with E-state index in [0.717, 1.165) is 71.0 Å². The third-order valence-electron chi connectivity index (χ3n) is 3.97. The van der Waals surface area contributed by atoms with Gasteiger partial charge in [-0.15, -0.1) is 0 Å². The van der Waals surface area contributed by atoms with Crippen molar-refractivity contribution in [2.75, 3.05) is 45.9 Å². The van der Waals surface area contributed by atoms with Gasteiger partial charge in [0, 0.05) is 38.3 Å². The minimum atomic E-state index is 0.794. The number of benzene rings is 1. The lowest BCUT2D eigenvalue weighted by Gasteiger charge is -2.34. The quantitative estimate of drug-likeness (QED) is 0.795. The molecule has 2 rings (SSSR count). The maximum Gasteiger partial charge on any atom is 0.123 e. The van der Waals surface area contributed by atoms with Crippen LogP contribution in [0.3, 0.4) is 0 Å². The predicted molar refractivity (Wildman–Crippen MR) is 87.6 cm³/mol.